The molecular formula is C59H41N3O. The fourth-order valence-electron chi connectivity index (χ4n) is 9.53. The highest BCUT2D eigenvalue weighted by Crippen LogP contribution is 2.41. The van der Waals surface area contributed by atoms with Gasteiger partial charge in [0.2, 0.25) is 0 Å². The topological polar surface area (TPSA) is 42.8 Å². The summed E-state index contributed by atoms with van der Waals surface area (Å²) < 4.78 is 9.39. The van der Waals surface area contributed by atoms with Crippen LogP contribution in [-0.2, 0) is 0 Å². The van der Waals surface area contributed by atoms with Crippen LogP contribution in [0.1, 0.15) is 30.0 Å². The Morgan fingerprint density at radius 3 is 1.84 bits per heavy atom. The second-order valence-corrected chi connectivity index (χ2v) is 16.6. The van der Waals surface area contributed by atoms with Crippen molar-refractivity contribution in [2.75, 3.05) is 0 Å². The van der Waals surface area contributed by atoms with Gasteiger partial charge < -0.3 is 8.98 Å². The summed E-state index contributed by atoms with van der Waals surface area (Å²) in [5.74, 6) is 0.742. The normalized spacial score (nSPS) is 15.3. The van der Waals surface area contributed by atoms with E-state index in [1.165, 1.54) is 32.7 Å². The Kier molecular flexibility index (Phi) is 8.82. The van der Waals surface area contributed by atoms with Gasteiger partial charge in [-0.05, 0) is 93.5 Å². The average molecular weight is 808 g/mol. The second kappa shape index (κ2) is 15.1. The maximum Gasteiger partial charge on any atom is 0.160 e. The van der Waals surface area contributed by atoms with E-state index in [2.05, 4.69) is 218 Å². The minimum absolute atomic E-state index is 0.0945. The number of amidine groups is 1. The molecule has 1 unspecified atom stereocenters. The molecule has 4 nitrogen and oxygen atoms in total. The summed E-state index contributed by atoms with van der Waals surface area (Å²) in [6.45, 7) is 2.28. The first-order valence-electron chi connectivity index (χ1n) is 21.7. The lowest BCUT2D eigenvalue weighted by atomic mass is 9.91. The van der Waals surface area contributed by atoms with Crippen molar-refractivity contribution >= 4 is 71.8 Å². The molecule has 12 rings (SSSR count). The van der Waals surface area contributed by atoms with Crippen molar-refractivity contribution in [2.45, 2.75) is 13.3 Å². The molecule has 1 aliphatic rings. The highest BCUT2D eigenvalue weighted by Gasteiger charge is 2.25. The van der Waals surface area contributed by atoms with Gasteiger partial charge in [0.1, 0.15) is 5.58 Å². The lowest BCUT2D eigenvalue weighted by molar-refractivity contribution is 0.666. The summed E-state index contributed by atoms with van der Waals surface area (Å²) in [6, 6.07) is 73.3. The van der Waals surface area contributed by atoms with Crippen molar-refractivity contribution in [3.8, 4) is 27.9 Å². The largest absolute Gasteiger partial charge is 0.454 e. The number of aromatic nitrogens is 1. The lowest BCUT2D eigenvalue weighted by Crippen LogP contribution is -2.17. The fourth-order valence-corrected chi connectivity index (χ4v) is 9.53. The van der Waals surface area contributed by atoms with Gasteiger partial charge in [-0.25, -0.2) is 9.98 Å². The molecule has 0 saturated carbocycles. The molecule has 0 aliphatic carbocycles. The van der Waals surface area contributed by atoms with Crippen LogP contribution in [0.3, 0.4) is 0 Å². The lowest BCUT2D eigenvalue weighted by Gasteiger charge is -2.20. The molecule has 0 amide bonds. The maximum atomic E-state index is 7.01. The Morgan fingerprint density at radius 2 is 1.08 bits per heavy atom. The van der Waals surface area contributed by atoms with Gasteiger partial charge in [-0.15, -0.1) is 0 Å². The van der Waals surface area contributed by atoms with E-state index in [4.69, 9.17) is 14.4 Å². The Balaban J connectivity index is 1.12. The molecule has 11 aromatic rings. The number of hydrogen-bond acceptors (Lipinski definition) is 3. The van der Waals surface area contributed by atoms with Gasteiger partial charge >= 0.3 is 0 Å². The van der Waals surface area contributed by atoms with Gasteiger partial charge in [-0.2, -0.15) is 0 Å². The first kappa shape index (κ1) is 36.7. The minimum atomic E-state index is 0.0945. The number of para-hydroxylation sites is 2. The molecule has 0 spiro atoms. The SMILES string of the molecule is CC1C/C=C(\c2cccc(-c3ccccc3)c2)N=C(c2ccc(-n3c4ccccc4c4cc5ccccc5cc43)c3oc4ccccc4c23)N=C1c1cccc(-c2ccccc2)c1. The van der Waals surface area contributed by atoms with E-state index in [0.717, 1.165) is 84.3 Å². The molecular weight excluding hydrogens is 767 g/mol. The molecule has 298 valence electrons. The molecule has 0 bridgehead atoms. The van der Waals surface area contributed by atoms with Crippen molar-refractivity contribution in [1.82, 2.24) is 4.57 Å². The molecule has 0 fully saturated rings. The number of nitrogens with zero attached hydrogens (tertiary/aromatic N) is 3. The zero-order valence-corrected chi connectivity index (χ0v) is 34.7. The highest BCUT2D eigenvalue weighted by atomic mass is 16.3. The number of benzene rings is 9. The predicted octanol–water partition coefficient (Wildman–Crippen LogP) is 15.5. The summed E-state index contributed by atoms with van der Waals surface area (Å²) in [6.07, 6.45) is 3.08. The van der Waals surface area contributed by atoms with Crippen molar-refractivity contribution < 1.29 is 4.42 Å². The zero-order chi connectivity index (χ0) is 41.9. The monoisotopic (exact) mass is 807 g/mol. The molecule has 0 saturated heterocycles. The molecule has 1 aliphatic heterocycles. The van der Waals surface area contributed by atoms with E-state index in [1.54, 1.807) is 0 Å². The van der Waals surface area contributed by atoms with Crippen molar-refractivity contribution in [3.05, 3.63) is 229 Å². The summed E-state index contributed by atoms with van der Waals surface area (Å²) in [5, 5.41) is 6.82. The molecule has 2 aromatic heterocycles. The first-order chi connectivity index (χ1) is 31.1. The van der Waals surface area contributed by atoms with Crippen molar-refractivity contribution in [3.63, 3.8) is 0 Å². The van der Waals surface area contributed by atoms with Gasteiger partial charge in [0.05, 0.1) is 28.1 Å². The third-order valence-corrected chi connectivity index (χ3v) is 12.6. The average Bonchev–Trinajstić information content (AvgIpc) is 3.89. The number of fused-ring (bicyclic) bond motifs is 7. The minimum Gasteiger partial charge on any atom is -0.454 e. The maximum absolute atomic E-state index is 7.01. The van der Waals surface area contributed by atoms with Crippen molar-refractivity contribution in [1.29, 1.82) is 0 Å². The van der Waals surface area contributed by atoms with Gasteiger partial charge in [0.25, 0.3) is 0 Å². The van der Waals surface area contributed by atoms with Gasteiger partial charge in [0.15, 0.2) is 11.4 Å². The Hall–Kier alpha value is -8.08. The van der Waals surface area contributed by atoms with E-state index in [9.17, 15) is 0 Å². The molecule has 4 heteroatoms. The molecule has 9 aromatic carbocycles. The van der Waals surface area contributed by atoms with Gasteiger partial charge in [-0.3, -0.25) is 0 Å². The molecule has 63 heavy (non-hydrogen) atoms. The highest BCUT2D eigenvalue weighted by molar-refractivity contribution is 6.24. The van der Waals surface area contributed by atoms with E-state index in [-0.39, 0.29) is 5.92 Å². The van der Waals surface area contributed by atoms with Crippen LogP contribution in [0.5, 0.6) is 0 Å². The summed E-state index contributed by atoms with van der Waals surface area (Å²) in [4.78, 5) is 11.3. The van der Waals surface area contributed by atoms with Crippen LogP contribution < -0.4 is 0 Å². The zero-order valence-electron chi connectivity index (χ0n) is 34.7. The number of furan rings is 1. The van der Waals surface area contributed by atoms with Crippen LogP contribution in [0.25, 0.3) is 88.2 Å². The predicted molar refractivity (Wildman–Crippen MR) is 264 cm³/mol. The van der Waals surface area contributed by atoms with Gasteiger partial charge in [0, 0.05) is 38.6 Å². The second-order valence-electron chi connectivity index (χ2n) is 16.6. The Labute approximate surface area is 365 Å². The molecule has 1 atom stereocenters. The molecule has 3 heterocycles. The van der Waals surface area contributed by atoms with Gasteiger partial charge in [-0.1, -0.05) is 171 Å². The summed E-state index contributed by atoms with van der Waals surface area (Å²) in [7, 11) is 0. The number of rotatable bonds is 6. The van der Waals surface area contributed by atoms with E-state index < -0.39 is 0 Å². The van der Waals surface area contributed by atoms with Crippen LogP contribution in [-0.4, -0.2) is 16.1 Å². The van der Waals surface area contributed by atoms with E-state index in [0.29, 0.717) is 5.84 Å². The third kappa shape index (κ3) is 6.38. The smallest absolute Gasteiger partial charge is 0.160 e. The van der Waals surface area contributed by atoms with E-state index >= 15 is 0 Å². The Bertz CT molecular complexity index is 3660. The number of hydrogen-bond donors (Lipinski definition) is 0. The van der Waals surface area contributed by atoms with Crippen molar-refractivity contribution in [2.24, 2.45) is 15.9 Å². The van der Waals surface area contributed by atoms with Crippen LogP contribution in [0.4, 0.5) is 0 Å². The summed E-state index contributed by atoms with van der Waals surface area (Å²) >= 11 is 0. The molecule has 0 N–H and O–H groups in total. The number of allylic oxidation sites excluding steroid dienone is 1. The quantitative estimate of drug-likeness (QED) is 0.165. The number of aliphatic imine (C=N–C) groups is 2. The van der Waals surface area contributed by atoms with E-state index in [1.807, 2.05) is 6.07 Å². The molecule has 0 radical (unpaired) electrons. The van der Waals surface area contributed by atoms with Crippen LogP contribution in [0.2, 0.25) is 0 Å². The first-order valence-corrected chi connectivity index (χ1v) is 21.7. The van der Waals surface area contributed by atoms with Crippen LogP contribution >= 0.6 is 0 Å². The van der Waals surface area contributed by atoms with Crippen LogP contribution in [0.15, 0.2) is 227 Å². The summed E-state index contributed by atoms with van der Waals surface area (Å²) in [5.41, 5.74) is 14.4. The Morgan fingerprint density at radius 1 is 0.476 bits per heavy atom. The third-order valence-electron chi connectivity index (χ3n) is 12.6. The van der Waals surface area contributed by atoms with Crippen LogP contribution in [0, 0.1) is 5.92 Å². The standard InChI is InChI=1S/C59H41N3O/c1-38-30-32-51(45-24-14-22-41(34-45)39-16-4-2-5-17-39)60-59(61-57(38)46-25-15-23-42(35-46)40-18-6-3-7-19-40)49-31-33-53(58-56(49)48-27-11-13-29-55(48)63-58)62-52-28-12-10-26-47(52)50-36-43-20-8-9-21-44(43)37-54(50)62/h2-29,31-38H,30H2,1H3/b51-32+,60-59?,61-57?. The fraction of sp³-hybridized carbons (Fsp3) is 0.0508.